The highest BCUT2D eigenvalue weighted by atomic mass is 16.6. The molecule has 0 bridgehead atoms. The molecule has 27 heavy (non-hydrogen) atoms. The van der Waals surface area contributed by atoms with Gasteiger partial charge in [-0.25, -0.2) is 0 Å². The van der Waals surface area contributed by atoms with E-state index in [-0.39, 0.29) is 16.9 Å². The first-order chi connectivity index (χ1) is 13.0. The van der Waals surface area contributed by atoms with Crippen molar-refractivity contribution < 1.29 is 4.92 Å². The summed E-state index contributed by atoms with van der Waals surface area (Å²) < 4.78 is 0. The Morgan fingerprint density at radius 3 is 2.44 bits per heavy atom. The fourth-order valence-corrected chi connectivity index (χ4v) is 2.53. The molecule has 8 nitrogen and oxygen atoms in total. The number of anilines is 1. The van der Waals surface area contributed by atoms with Gasteiger partial charge in [0.15, 0.2) is 0 Å². The molecule has 0 unspecified atom stereocenters. The first kappa shape index (κ1) is 19.5. The molecular formula is C19H18N6O2. The van der Waals surface area contributed by atoms with Gasteiger partial charge in [0.05, 0.1) is 28.7 Å². The van der Waals surface area contributed by atoms with Crippen molar-refractivity contribution in [3.63, 3.8) is 0 Å². The summed E-state index contributed by atoms with van der Waals surface area (Å²) >= 11 is 0. The largest absolute Gasteiger partial charge is 0.371 e. The predicted octanol–water partition coefficient (Wildman–Crippen LogP) is 4.93. The third-order valence-electron chi connectivity index (χ3n) is 4.00. The van der Waals surface area contributed by atoms with Crippen molar-refractivity contribution in [2.75, 3.05) is 18.0 Å². The first-order valence-electron chi connectivity index (χ1n) is 8.33. The van der Waals surface area contributed by atoms with Crippen molar-refractivity contribution in [3.8, 4) is 12.1 Å². The van der Waals surface area contributed by atoms with E-state index in [1.54, 1.807) is 0 Å². The number of non-ortho nitro benzene ring substituents is 1. The summed E-state index contributed by atoms with van der Waals surface area (Å²) in [6, 6.07) is 13.6. The lowest BCUT2D eigenvalue weighted by atomic mass is 10.1. The van der Waals surface area contributed by atoms with E-state index in [0.717, 1.165) is 17.8 Å². The average Bonchev–Trinajstić information content (AvgIpc) is 2.67. The molecule has 0 N–H and O–H groups in total. The monoisotopic (exact) mass is 362 g/mol. The SMILES string of the molecule is CCN(CCC#N)c1ccc(N=Nc2ccc([N+](=O)[O-])cc2C#N)c(C)c1. The quantitative estimate of drug-likeness (QED) is 0.393. The third kappa shape index (κ3) is 4.86. The van der Waals surface area contributed by atoms with Gasteiger partial charge in [0.1, 0.15) is 11.8 Å². The molecule has 0 saturated heterocycles. The van der Waals surface area contributed by atoms with Crippen LogP contribution in [0.3, 0.4) is 0 Å². The Morgan fingerprint density at radius 2 is 1.85 bits per heavy atom. The van der Waals surface area contributed by atoms with E-state index in [0.29, 0.717) is 18.7 Å². The van der Waals surface area contributed by atoms with Crippen molar-refractivity contribution >= 4 is 22.7 Å². The molecule has 0 spiro atoms. The topological polar surface area (TPSA) is 119 Å². The zero-order valence-electron chi connectivity index (χ0n) is 15.1. The summed E-state index contributed by atoms with van der Waals surface area (Å²) in [4.78, 5) is 12.3. The van der Waals surface area contributed by atoms with Crippen LogP contribution < -0.4 is 4.90 Å². The lowest BCUT2D eigenvalue weighted by Crippen LogP contribution is -2.23. The minimum atomic E-state index is -0.559. The zero-order chi connectivity index (χ0) is 19.8. The number of nitriles is 2. The van der Waals surface area contributed by atoms with E-state index >= 15 is 0 Å². The molecule has 0 atom stereocenters. The number of benzene rings is 2. The predicted molar refractivity (Wildman–Crippen MR) is 101 cm³/mol. The van der Waals surface area contributed by atoms with Gasteiger partial charge in [-0.1, -0.05) is 0 Å². The van der Waals surface area contributed by atoms with Crippen LogP contribution in [0.15, 0.2) is 46.6 Å². The number of nitro benzene ring substituents is 1. The minimum absolute atomic E-state index is 0.0934. The Bertz CT molecular complexity index is 956. The molecule has 8 heteroatoms. The standard InChI is InChI=1S/C19H18N6O2/c1-3-24(10-4-9-20)16-5-7-18(14(2)11-16)22-23-19-8-6-17(25(26)27)12-15(19)13-21/h5-8,11-12H,3-4,10H2,1-2H3. The van der Waals surface area contributed by atoms with Crippen molar-refractivity contribution in [2.45, 2.75) is 20.3 Å². The van der Waals surface area contributed by atoms with Crippen LogP contribution in [0.4, 0.5) is 22.7 Å². The molecule has 2 rings (SSSR count). The number of rotatable bonds is 7. The first-order valence-corrected chi connectivity index (χ1v) is 8.33. The highest BCUT2D eigenvalue weighted by molar-refractivity contribution is 5.60. The fourth-order valence-electron chi connectivity index (χ4n) is 2.53. The molecular weight excluding hydrogens is 344 g/mol. The second-order valence-corrected chi connectivity index (χ2v) is 5.73. The normalized spacial score (nSPS) is 10.4. The van der Waals surface area contributed by atoms with Crippen molar-refractivity contribution in [3.05, 3.63) is 57.6 Å². The highest BCUT2D eigenvalue weighted by Crippen LogP contribution is 2.29. The fraction of sp³-hybridized carbons (Fsp3) is 0.263. The molecule has 0 saturated carbocycles. The van der Waals surface area contributed by atoms with Gasteiger partial charge in [-0.05, 0) is 43.7 Å². The van der Waals surface area contributed by atoms with E-state index in [4.69, 9.17) is 10.5 Å². The van der Waals surface area contributed by atoms with Crippen LogP contribution in [0.1, 0.15) is 24.5 Å². The van der Waals surface area contributed by atoms with E-state index in [9.17, 15) is 10.1 Å². The molecule has 0 radical (unpaired) electrons. The molecule has 0 aliphatic carbocycles. The molecule has 0 heterocycles. The van der Waals surface area contributed by atoms with E-state index < -0.39 is 4.92 Å². The van der Waals surface area contributed by atoms with Gasteiger partial charge in [0, 0.05) is 30.9 Å². The van der Waals surface area contributed by atoms with E-state index in [1.165, 1.54) is 18.2 Å². The van der Waals surface area contributed by atoms with Crippen LogP contribution in [0.5, 0.6) is 0 Å². The summed E-state index contributed by atoms with van der Waals surface area (Å²) in [6.07, 6.45) is 0.450. The highest BCUT2D eigenvalue weighted by Gasteiger charge is 2.11. The minimum Gasteiger partial charge on any atom is -0.371 e. The van der Waals surface area contributed by atoms with Gasteiger partial charge in [0.25, 0.3) is 5.69 Å². The van der Waals surface area contributed by atoms with Gasteiger partial charge < -0.3 is 4.90 Å². The molecule has 2 aromatic rings. The summed E-state index contributed by atoms with van der Waals surface area (Å²) in [6.45, 7) is 5.37. The maximum atomic E-state index is 10.8. The molecule has 0 aromatic heterocycles. The van der Waals surface area contributed by atoms with E-state index in [2.05, 4.69) is 21.2 Å². The lowest BCUT2D eigenvalue weighted by molar-refractivity contribution is -0.384. The van der Waals surface area contributed by atoms with Crippen molar-refractivity contribution in [1.82, 2.24) is 0 Å². The zero-order valence-corrected chi connectivity index (χ0v) is 15.1. The maximum Gasteiger partial charge on any atom is 0.270 e. The Morgan fingerprint density at radius 1 is 1.15 bits per heavy atom. The maximum absolute atomic E-state index is 10.8. The Kier molecular flexibility index (Phi) is 6.56. The Hall–Kier alpha value is -3.78. The Balaban J connectivity index is 2.27. The molecule has 2 aromatic carbocycles. The van der Waals surface area contributed by atoms with E-state index in [1.807, 2.05) is 38.1 Å². The number of nitro groups is 1. The van der Waals surface area contributed by atoms with Gasteiger partial charge in [-0.2, -0.15) is 15.6 Å². The smallest absolute Gasteiger partial charge is 0.270 e. The molecule has 0 fully saturated rings. The molecule has 0 aliphatic rings. The third-order valence-corrected chi connectivity index (χ3v) is 4.00. The lowest BCUT2D eigenvalue weighted by Gasteiger charge is -2.22. The van der Waals surface area contributed by atoms with Crippen molar-refractivity contribution in [2.24, 2.45) is 10.2 Å². The van der Waals surface area contributed by atoms with Crippen LogP contribution in [0, 0.1) is 39.7 Å². The summed E-state index contributed by atoms with van der Waals surface area (Å²) in [5.74, 6) is 0. The number of azo groups is 1. The number of hydrogen-bond donors (Lipinski definition) is 0. The summed E-state index contributed by atoms with van der Waals surface area (Å²) in [7, 11) is 0. The summed E-state index contributed by atoms with van der Waals surface area (Å²) in [5.41, 5.74) is 2.73. The second kappa shape index (κ2) is 9.07. The van der Waals surface area contributed by atoms with Crippen LogP contribution >= 0.6 is 0 Å². The van der Waals surface area contributed by atoms with Crippen LogP contribution in [0.2, 0.25) is 0 Å². The van der Waals surface area contributed by atoms with Crippen molar-refractivity contribution in [1.29, 1.82) is 10.5 Å². The average molecular weight is 362 g/mol. The van der Waals surface area contributed by atoms with Crippen LogP contribution in [0.25, 0.3) is 0 Å². The van der Waals surface area contributed by atoms with Crippen LogP contribution in [-0.4, -0.2) is 18.0 Å². The number of aryl methyl sites for hydroxylation is 1. The van der Waals surface area contributed by atoms with Gasteiger partial charge >= 0.3 is 0 Å². The summed E-state index contributed by atoms with van der Waals surface area (Å²) in [5, 5.41) is 37.0. The second-order valence-electron chi connectivity index (χ2n) is 5.73. The Labute approximate surface area is 157 Å². The van der Waals surface area contributed by atoms with Gasteiger partial charge in [-0.3, -0.25) is 10.1 Å². The number of nitrogens with zero attached hydrogens (tertiary/aromatic N) is 6. The molecule has 136 valence electrons. The van der Waals surface area contributed by atoms with Gasteiger partial charge in [-0.15, -0.1) is 5.11 Å². The molecule has 0 aliphatic heterocycles. The molecule has 0 amide bonds. The van der Waals surface area contributed by atoms with Crippen LogP contribution in [-0.2, 0) is 0 Å². The van der Waals surface area contributed by atoms with Gasteiger partial charge in [0.2, 0.25) is 0 Å². The number of hydrogen-bond acceptors (Lipinski definition) is 7.